The highest BCUT2D eigenvalue weighted by Gasteiger charge is 2.11. The average Bonchev–Trinajstić information content (AvgIpc) is 2.61. The van der Waals surface area contributed by atoms with E-state index in [-0.39, 0.29) is 16.9 Å². The molecule has 2 N–H and O–H groups in total. The molecule has 7 heteroatoms. The molecule has 2 amide bonds. The zero-order valence-corrected chi connectivity index (χ0v) is 15.7. The van der Waals surface area contributed by atoms with Crippen LogP contribution in [0, 0.1) is 0 Å². The number of hydrogen-bond acceptors (Lipinski definition) is 4. The summed E-state index contributed by atoms with van der Waals surface area (Å²) in [5, 5.41) is 5.67. The molecule has 0 aliphatic carbocycles. The minimum Gasteiger partial charge on any atom is -0.494 e. The summed E-state index contributed by atoms with van der Waals surface area (Å²) in [6.07, 6.45) is 0. The maximum absolute atomic E-state index is 12.3. The summed E-state index contributed by atoms with van der Waals surface area (Å²) >= 11 is 5.19. The van der Waals surface area contributed by atoms with Gasteiger partial charge in [-0.15, -0.1) is 0 Å². The molecule has 136 valence electrons. The van der Waals surface area contributed by atoms with E-state index in [9.17, 15) is 9.59 Å². The minimum atomic E-state index is -0.343. The van der Waals surface area contributed by atoms with Gasteiger partial charge in [0.15, 0.2) is 5.11 Å². The molecule has 2 aromatic rings. The Morgan fingerprint density at radius 1 is 1.08 bits per heavy atom. The lowest BCUT2D eigenvalue weighted by atomic mass is 10.2. The number of amides is 2. The van der Waals surface area contributed by atoms with E-state index in [0.717, 1.165) is 0 Å². The van der Waals surface area contributed by atoms with E-state index in [4.69, 9.17) is 17.0 Å². The third-order valence-corrected chi connectivity index (χ3v) is 3.61. The lowest BCUT2D eigenvalue weighted by Gasteiger charge is -2.13. The molecule has 0 heterocycles. The van der Waals surface area contributed by atoms with Crippen LogP contribution in [-0.4, -0.2) is 42.5 Å². The summed E-state index contributed by atoms with van der Waals surface area (Å²) in [6, 6.07) is 13.8. The summed E-state index contributed by atoms with van der Waals surface area (Å²) in [7, 11) is 3.37. The van der Waals surface area contributed by atoms with Crippen molar-refractivity contribution >= 4 is 34.8 Å². The van der Waals surface area contributed by atoms with Gasteiger partial charge in [-0.1, -0.05) is 12.1 Å². The summed E-state index contributed by atoms with van der Waals surface area (Å²) < 4.78 is 5.39. The highest BCUT2D eigenvalue weighted by Crippen LogP contribution is 2.14. The Hall–Kier alpha value is -2.93. The van der Waals surface area contributed by atoms with E-state index >= 15 is 0 Å². The number of carbonyl (C=O) groups excluding carboxylic acids is 2. The Kier molecular flexibility index (Phi) is 6.68. The lowest BCUT2D eigenvalue weighted by molar-refractivity contribution is 0.0827. The van der Waals surface area contributed by atoms with E-state index < -0.39 is 0 Å². The maximum Gasteiger partial charge on any atom is 0.257 e. The van der Waals surface area contributed by atoms with E-state index in [1.54, 1.807) is 62.6 Å². The molecule has 2 rings (SSSR count). The van der Waals surface area contributed by atoms with Crippen molar-refractivity contribution in [2.75, 3.05) is 26.0 Å². The molecule has 0 atom stereocenters. The number of nitrogens with one attached hydrogen (secondary N) is 2. The first-order valence-electron chi connectivity index (χ1n) is 8.07. The number of hydrogen-bond donors (Lipinski definition) is 2. The molecule has 26 heavy (non-hydrogen) atoms. The molecule has 6 nitrogen and oxygen atoms in total. The Morgan fingerprint density at radius 2 is 1.77 bits per heavy atom. The third kappa shape index (κ3) is 5.29. The van der Waals surface area contributed by atoms with Gasteiger partial charge >= 0.3 is 0 Å². The SMILES string of the molecule is CCOc1cccc(C(=O)NC(=S)Nc2cccc(C(=O)N(C)C)c2)c1. The van der Waals surface area contributed by atoms with E-state index in [2.05, 4.69) is 10.6 Å². The number of rotatable bonds is 5. The van der Waals surface area contributed by atoms with Crippen molar-refractivity contribution < 1.29 is 14.3 Å². The first-order valence-corrected chi connectivity index (χ1v) is 8.48. The molecule has 0 aromatic heterocycles. The molecule has 0 radical (unpaired) electrons. The molecule has 0 bridgehead atoms. The van der Waals surface area contributed by atoms with Crippen molar-refractivity contribution in [1.82, 2.24) is 10.2 Å². The molecule has 0 unspecified atom stereocenters. The lowest BCUT2D eigenvalue weighted by Crippen LogP contribution is -2.34. The van der Waals surface area contributed by atoms with Crippen LogP contribution in [0.5, 0.6) is 5.75 Å². The number of benzene rings is 2. The standard InChI is InChI=1S/C19H21N3O3S/c1-4-25-16-10-6-7-13(12-16)17(23)21-19(26)20-15-9-5-8-14(11-15)18(24)22(2)3/h5-12H,4H2,1-3H3,(H2,20,21,23,26). The van der Waals surface area contributed by atoms with Crippen molar-refractivity contribution in [3.05, 3.63) is 59.7 Å². The molecule has 0 aliphatic heterocycles. The van der Waals surface area contributed by atoms with Crippen molar-refractivity contribution in [3.63, 3.8) is 0 Å². The predicted molar refractivity (Wildman–Crippen MR) is 106 cm³/mol. The summed E-state index contributed by atoms with van der Waals surface area (Å²) in [5.74, 6) is 0.162. The van der Waals surface area contributed by atoms with Crippen LogP contribution in [-0.2, 0) is 0 Å². The Bertz CT molecular complexity index is 821. The van der Waals surface area contributed by atoms with Crippen molar-refractivity contribution in [2.24, 2.45) is 0 Å². The van der Waals surface area contributed by atoms with E-state index in [1.807, 2.05) is 6.92 Å². The number of ether oxygens (including phenoxy) is 1. The first-order chi connectivity index (χ1) is 12.4. The highest BCUT2D eigenvalue weighted by molar-refractivity contribution is 7.80. The zero-order chi connectivity index (χ0) is 19.1. The normalized spacial score (nSPS) is 9.96. The smallest absolute Gasteiger partial charge is 0.257 e. The Morgan fingerprint density at radius 3 is 2.46 bits per heavy atom. The predicted octanol–water partition coefficient (Wildman–Crippen LogP) is 2.91. The van der Waals surface area contributed by atoms with Gasteiger partial charge in [-0.3, -0.25) is 14.9 Å². The molecule has 0 fully saturated rings. The number of thiocarbonyl (C=S) groups is 1. The molecule has 0 aliphatic rings. The van der Waals surface area contributed by atoms with Crippen molar-refractivity contribution in [3.8, 4) is 5.75 Å². The Labute approximate surface area is 158 Å². The van der Waals surface area contributed by atoms with Gasteiger partial charge in [-0.2, -0.15) is 0 Å². The zero-order valence-electron chi connectivity index (χ0n) is 14.9. The van der Waals surface area contributed by atoms with Crippen LogP contribution < -0.4 is 15.4 Å². The first kappa shape index (κ1) is 19.4. The molecule has 0 saturated carbocycles. The highest BCUT2D eigenvalue weighted by atomic mass is 32.1. The molecular formula is C19H21N3O3S. The van der Waals surface area contributed by atoms with Gasteiger partial charge in [0.05, 0.1) is 6.61 Å². The second-order valence-electron chi connectivity index (χ2n) is 5.65. The fourth-order valence-corrected chi connectivity index (χ4v) is 2.43. The second kappa shape index (κ2) is 8.96. The van der Waals surface area contributed by atoms with Crippen LogP contribution in [0.15, 0.2) is 48.5 Å². The van der Waals surface area contributed by atoms with Crippen LogP contribution in [0.1, 0.15) is 27.6 Å². The minimum absolute atomic E-state index is 0.114. The second-order valence-corrected chi connectivity index (χ2v) is 6.06. The quantitative estimate of drug-likeness (QED) is 0.791. The van der Waals surface area contributed by atoms with Gasteiger partial charge in [0.2, 0.25) is 0 Å². The topological polar surface area (TPSA) is 70.7 Å². The van der Waals surface area contributed by atoms with Crippen LogP contribution in [0.2, 0.25) is 0 Å². The molecule has 2 aromatic carbocycles. The monoisotopic (exact) mass is 371 g/mol. The fraction of sp³-hybridized carbons (Fsp3) is 0.211. The summed E-state index contributed by atoms with van der Waals surface area (Å²) in [6.45, 7) is 2.40. The molecule has 0 spiro atoms. The average molecular weight is 371 g/mol. The van der Waals surface area contributed by atoms with Gasteiger partial charge in [-0.25, -0.2) is 0 Å². The summed E-state index contributed by atoms with van der Waals surface area (Å²) in [4.78, 5) is 25.8. The van der Waals surface area contributed by atoms with Crippen LogP contribution in [0.4, 0.5) is 5.69 Å². The molecular weight excluding hydrogens is 350 g/mol. The van der Waals surface area contributed by atoms with Crippen LogP contribution >= 0.6 is 12.2 Å². The van der Waals surface area contributed by atoms with Gasteiger partial charge in [0, 0.05) is 30.9 Å². The van der Waals surface area contributed by atoms with Crippen LogP contribution in [0.25, 0.3) is 0 Å². The van der Waals surface area contributed by atoms with Crippen molar-refractivity contribution in [2.45, 2.75) is 6.92 Å². The van der Waals surface area contributed by atoms with Gasteiger partial charge < -0.3 is 15.0 Å². The van der Waals surface area contributed by atoms with Gasteiger partial charge in [-0.05, 0) is 55.5 Å². The van der Waals surface area contributed by atoms with Crippen molar-refractivity contribution in [1.29, 1.82) is 0 Å². The molecule has 0 saturated heterocycles. The maximum atomic E-state index is 12.3. The van der Waals surface area contributed by atoms with Gasteiger partial charge in [0.25, 0.3) is 11.8 Å². The number of carbonyl (C=O) groups is 2. The summed E-state index contributed by atoms with van der Waals surface area (Å²) in [5.41, 5.74) is 1.58. The third-order valence-electron chi connectivity index (χ3n) is 3.41. The van der Waals surface area contributed by atoms with E-state index in [0.29, 0.717) is 29.2 Å². The number of anilines is 1. The largest absolute Gasteiger partial charge is 0.494 e. The Balaban J connectivity index is 2.02. The van der Waals surface area contributed by atoms with E-state index in [1.165, 1.54) is 4.90 Å². The number of nitrogens with zero attached hydrogens (tertiary/aromatic N) is 1. The van der Waals surface area contributed by atoms with Gasteiger partial charge in [0.1, 0.15) is 5.75 Å². The van der Waals surface area contributed by atoms with Crippen LogP contribution in [0.3, 0.4) is 0 Å². The fourth-order valence-electron chi connectivity index (χ4n) is 2.22.